The third-order valence-corrected chi connectivity index (χ3v) is 5.10. The molecule has 0 aliphatic rings. The number of hydrogen-bond acceptors (Lipinski definition) is 7. The van der Waals surface area contributed by atoms with Gasteiger partial charge in [0.15, 0.2) is 5.58 Å². The number of hydrogen-bond donors (Lipinski definition) is 0. The second kappa shape index (κ2) is 7.81. The average Bonchev–Trinajstić information content (AvgIpc) is 3.13. The summed E-state index contributed by atoms with van der Waals surface area (Å²) in [5.41, 5.74) is 2.24. The molecule has 4 aromatic rings. The monoisotopic (exact) mass is 408 g/mol. The van der Waals surface area contributed by atoms with E-state index in [2.05, 4.69) is 0 Å². The lowest BCUT2D eigenvalue weighted by molar-refractivity contribution is 0.0735. The first-order valence-corrected chi connectivity index (χ1v) is 9.47. The zero-order valence-corrected chi connectivity index (χ0v) is 16.4. The Kier molecular flexibility index (Phi) is 5.05. The van der Waals surface area contributed by atoms with Gasteiger partial charge in [-0.05, 0) is 48.0 Å². The molecule has 0 aliphatic carbocycles. The van der Waals surface area contributed by atoms with Gasteiger partial charge in [-0.2, -0.15) is 0 Å². The van der Waals surface area contributed by atoms with Gasteiger partial charge in [0.2, 0.25) is 0 Å². The van der Waals surface area contributed by atoms with Crippen LogP contribution in [0.1, 0.15) is 10.4 Å². The van der Waals surface area contributed by atoms with Crippen molar-refractivity contribution in [3.63, 3.8) is 0 Å². The summed E-state index contributed by atoms with van der Waals surface area (Å²) in [7, 11) is 3.13. The molecule has 0 bridgehead atoms. The molecule has 4 rings (SSSR count). The molecule has 0 fully saturated rings. The molecule has 0 radical (unpaired) electrons. The molecular weight excluding hydrogens is 392 g/mol. The maximum Gasteiger partial charge on any atom is 0.396 e. The SMILES string of the molecule is COc1ccc(C(=O)Oc2cc(-c3cccc(OC)c3)c3oc(=O)sc3c2)cc1. The van der Waals surface area contributed by atoms with Crippen molar-refractivity contribution in [1.29, 1.82) is 0 Å². The van der Waals surface area contributed by atoms with E-state index >= 15 is 0 Å². The molecule has 0 aliphatic heterocycles. The Hall–Kier alpha value is -3.58. The lowest BCUT2D eigenvalue weighted by Gasteiger charge is -2.09. The molecule has 3 aromatic carbocycles. The van der Waals surface area contributed by atoms with Crippen LogP contribution >= 0.6 is 11.3 Å². The summed E-state index contributed by atoms with van der Waals surface area (Å²) in [5, 5.41) is 0. The van der Waals surface area contributed by atoms with E-state index in [0.29, 0.717) is 38.7 Å². The number of carbonyl (C=O) groups excluding carboxylic acids is 1. The van der Waals surface area contributed by atoms with Gasteiger partial charge in [-0.25, -0.2) is 9.59 Å². The minimum atomic E-state index is -0.514. The van der Waals surface area contributed by atoms with Crippen molar-refractivity contribution in [3.05, 3.63) is 76.0 Å². The summed E-state index contributed by atoms with van der Waals surface area (Å²) in [6.45, 7) is 0. The molecule has 0 amide bonds. The Morgan fingerprint density at radius 1 is 0.897 bits per heavy atom. The lowest BCUT2D eigenvalue weighted by atomic mass is 10.0. The van der Waals surface area contributed by atoms with E-state index in [9.17, 15) is 9.59 Å². The van der Waals surface area contributed by atoms with Crippen LogP contribution < -0.4 is 19.1 Å². The van der Waals surface area contributed by atoms with Crippen molar-refractivity contribution in [1.82, 2.24) is 0 Å². The van der Waals surface area contributed by atoms with E-state index in [1.54, 1.807) is 50.6 Å². The first kappa shape index (κ1) is 18.8. The second-order valence-corrected chi connectivity index (χ2v) is 7.08. The minimum absolute atomic E-state index is 0.313. The summed E-state index contributed by atoms with van der Waals surface area (Å²) in [6, 6.07) is 17.2. The minimum Gasteiger partial charge on any atom is -0.497 e. The standard InChI is InChI=1S/C22H16O6S/c1-25-15-8-6-13(7-9-15)21(23)27-17-11-18(14-4-3-5-16(10-14)26-2)20-19(12-17)29-22(24)28-20/h3-12H,1-2H3. The number of benzene rings is 3. The normalized spacial score (nSPS) is 10.7. The van der Waals surface area contributed by atoms with E-state index in [1.807, 2.05) is 24.3 Å². The molecule has 0 saturated carbocycles. The molecule has 0 unspecified atom stereocenters. The number of ether oxygens (including phenoxy) is 3. The fourth-order valence-corrected chi connectivity index (χ4v) is 3.63. The van der Waals surface area contributed by atoms with E-state index < -0.39 is 10.9 Å². The summed E-state index contributed by atoms with van der Waals surface area (Å²) in [6.07, 6.45) is 0. The Bertz CT molecular complexity index is 1240. The third-order valence-electron chi connectivity index (χ3n) is 4.32. The number of fused-ring (bicyclic) bond motifs is 1. The van der Waals surface area contributed by atoms with Gasteiger partial charge in [0.1, 0.15) is 17.2 Å². The van der Waals surface area contributed by atoms with E-state index in [-0.39, 0.29) is 0 Å². The largest absolute Gasteiger partial charge is 0.497 e. The number of esters is 1. The highest BCUT2D eigenvalue weighted by Crippen LogP contribution is 2.36. The van der Waals surface area contributed by atoms with Crippen LogP contribution in [0.2, 0.25) is 0 Å². The van der Waals surface area contributed by atoms with Gasteiger partial charge in [-0.15, -0.1) is 0 Å². The van der Waals surface area contributed by atoms with Crippen LogP contribution in [0, 0.1) is 0 Å². The van der Waals surface area contributed by atoms with Gasteiger partial charge in [-0.1, -0.05) is 23.5 Å². The first-order valence-electron chi connectivity index (χ1n) is 8.66. The van der Waals surface area contributed by atoms with Crippen LogP contribution in [0.15, 0.2) is 69.9 Å². The van der Waals surface area contributed by atoms with Crippen molar-refractivity contribution in [3.8, 4) is 28.4 Å². The van der Waals surface area contributed by atoms with Crippen molar-refractivity contribution in [2.45, 2.75) is 0 Å². The van der Waals surface area contributed by atoms with Crippen molar-refractivity contribution in [2.75, 3.05) is 14.2 Å². The molecule has 0 spiro atoms. The quantitative estimate of drug-likeness (QED) is 0.350. The Morgan fingerprint density at radius 3 is 2.38 bits per heavy atom. The zero-order valence-electron chi connectivity index (χ0n) is 15.6. The Balaban J connectivity index is 1.75. The molecule has 29 heavy (non-hydrogen) atoms. The van der Waals surface area contributed by atoms with Gasteiger partial charge >= 0.3 is 10.9 Å². The van der Waals surface area contributed by atoms with Crippen molar-refractivity contribution < 1.29 is 23.4 Å². The third kappa shape index (κ3) is 3.86. The van der Waals surface area contributed by atoms with Crippen LogP contribution in [0.25, 0.3) is 21.4 Å². The number of methoxy groups -OCH3 is 2. The van der Waals surface area contributed by atoms with E-state index in [1.165, 1.54) is 0 Å². The lowest BCUT2D eigenvalue weighted by Crippen LogP contribution is -2.08. The smallest absolute Gasteiger partial charge is 0.396 e. The zero-order chi connectivity index (χ0) is 20.4. The molecule has 0 N–H and O–H groups in total. The van der Waals surface area contributed by atoms with E-state index in [0.717, 1.165) is 16.9 Å². The fourth-order valence-electron chi connectivity index (χ4n) is 2.91. The maximum absolute atomic E-state index is 12.5. The molecule has 0 atom stereocenters. The van der Waals surface area contributed by atoms with Crippen molar-refractivity contribution in [2.24, 2.45) is 0 Å². The molecule has 1 heterocycles. The number of rotatable bonds is 5. The predicted molar refractivity (Wildman–Crippen MR) is 110 cm³/mol. The Labute approximate surface area is 169 Å². The van der Waals surface area contributed by atoms with Crippen LogP contribution in [0.3, 0.4) is 0 Å². The predicted octanol–water partition coefficient (Wildman–Crippen LogP) is 4.76. The van der Waals surface area contributed by atoms with Crippen molar-refractivity contribution >= 4 is 27.6 Å². The summed E-state index contributed by atoms with van der Waals surface area (Å²) in [4.78, 5) is 23.9. The van der Waals surface area contributed by atoms with Crippen LogP contribution in [-0.2, 0) is 0 Å². The topological polar surface area (TPSA) is 75.0 Å². The molecule has 7 heteroatoms. The average molecular weight is 408 g/mol. The highest BCUT2D eigenvalue weighted by atomic mass is 32.1. The molecule has 6 nitrogen and oxygen atoms in total. The van der Waals surface area contributed by atoms with E-state index in [4.69, 9.17) is 18.6 Å². The van der Waals surface area contributed by atoms with Gasteiger partial charge in [0, 0.05) is 11.6 Å². The second-order valence-electron chi connectivity index (χ2n) is 6.10. The highest BCUT2D eigenvalue weighted by molar-refractivity contribution is 7.16. The van der Waals surface area contributed by atoms with Gasteiger partial charge in [0.05, 0.1) is 24.5 Å². The van der Waals surface area contributed by atoms with Gasteiger partial charge < -0.3 is 18.6 Å². The Morgan fingerprint density at radius 2 is 1.66 bits per heavy atom. The van der Waals surface area contributed by atoms with Crippen LogP contribution in [0.5, 0.6) is 17.2 Å². The van der Waals surface area contributed by atoms with Gasteiger partial charge in [-0.3, -0.25) is 0 Å². The molecule has 146 valence electrons. The molecule has 0 saturated heterocycles. The molecule has 1 aromatic heterocycles. The van der Waals surface area contributed by atoms with Crippen LogP contribution in [-0.4, -0.2) is 20.2 Å². The summed E-state index contributed by atoms with van der Waals surface area (Å²) < 4.78 is 21.9. The molecular formula is C22H16O6S. The number of carbonyl (C=O) groups is 1. The summed E-state index contributed by atoms with van der Waals surface area (Å²) >= 11 is 0.952. The summed E-state index contributed by atoms with van der Waals surface area (Å²) in [5.74, 6) is 1.10. The first-order chi connectivity index (χ1) is 14.1. The maximum atomic E-state index is 12.5. The highest BCUT2D eigenvalue weighted by Gasteiger charge is 2.16. The van der Waals surface area contributed by atoms with Gasteiger partial charge in [0.25, 0.3) is 0 Å². The fraction of sp³-hybridized carbons (Fsp3) is 0.0909. The van der Waals surface area contributed by atoms with Crippen LogP contribution in [0.4, 0.5) is 0 Å².